The normalized spacial score (nSPS) is 24.9. The third-order valence-electron chi connectivity index (χ3n) is 2.06. The largest absolute Gasteiger partial charge is 0.300 e. The Labute approximate surface area is 65.4 Å². The maximum absolute atomic E-state index is 13.2. The molecule has 0 heterocycles. The molecule has 0 radical (unpaired) electrons. The van der Waals surface area contributed by atoms with E-state index in [0.717, 1.165) is 6.42 Å². The molecule has 1 saturated carbocycles. The van der Waals surface area contributed by atoms with Gasteiger partial charge in [0, 0.05) is 0 Å². The molecule has 5 heteroatoms. The second-order valence-corrected chi connectivity index (χ2v) is 4.60. The van der Waals surface area contributed by atoms with Crippen LogP contribution in [-0.4, -0.2) is 18.0 Å². The van der Waals surface area contributed by atoms with Gasteiger partial charge in [-0.25, -0.2) is 4.39 Å². The molecule has 1 aliphatic carbocycles. The zero-order valence-electron chi connectivity index (χ0n) is 6.09. The van der Waals surface area contributed by atoms with Gasteiger partial charge in [-0.05, 0) is 25.7 Å². The predicted octanol–water partition coefficient (Wildman–Crippen LogP) is 1.50. The third-order valence-corrected chi connectivity index (χ3v) is 3.40. The van der Waals surface area contributed by atoms with E-state index in [1.165, 1.54) is 0 Å². The lowest BCUT2D eigenvalue weighted by molar-refractivity contribution is 0.181. The molecule has 0 aliphatic heterocycles. The van der Waals surface area contributed by atoms with Crippen LogP contribution in [0.4, 0.5) is 4.39 Å². The molecule has 1 fully saturated rings. The Morgan fingerprint density at radius 3 is 1.91 bits per heavy atom. The van der Waals surface area contributed by atoms with Gasteiger partial charge in [0.15, 0.2) is 0 Å². The first-order chi connectivity index (χ1) is 4.96. The van der Waals surface area contributed by atoms with Crippen molar-refractivity contribution in [2.75, 3.05) is 0 Å². The summed E-state index contributed by atoms with van der Waals surface area (Å²) in [5.41, 5.74) is 0. The van der Waals surface area contributed by atoms with Crippen molar-refractivity contribution in [2.24, 2.45) is 0 Å². The highest BCUT2D eigenvalue weighted by Crippen LogP contribution is 2.35. The second-order valence-electron chi connectivity index (χ2n) is 2.92. The summed E-state index contributed by atoms with van der Waals surface area (Å²) in [4.78, 5) is 0. The number of halogens is 1. The number of hydrogen-bond donors (Lipinski definition) is 1. The minimum absolute atomic E-state index is 0.0637. The van der Waals surface area contributed by atoms with Crippen LogP contribution in [0.5, 0.6) is 0 Å². The van der Waals surface area contributed by atoms with E-state index >= 15 is 0 Å². The minimum Gasteiger partial charge on any atom is -0.283 e. The van der Waals surface area contributed by atoms with E-state index < -0.39 is 15.1 Å². The standard InChI is InChI=1S/C6H11FO3S/c7-6(11(8,9)10)4-2-1-3-5-6/h1-5H2,(H,8,9,10). The van der Waals surface area contributed by atoms with E-state index in [1.54, 1.807) is 0 Å². The van der Waals surface area contributed by atoms with Crippen molar-refractivity contribution >= 4 is 10.1 Å². The fourth-order valence-corrected chi connectivity index (χ4v) is 2.14. The topological polar surface area (TPSA) is 54.4 Å². The Bertz CT molecular complexity index is 228. The Morgan fingerprint density at radius 2 is 1.64 bits per heavy atom. The van der Waals surface area contributed by atoms with Crippen LogP contribution in [0.25, 0.3) is 0 Å². The highest BCUT2D eigenvalue weighted by atomic mass is 32.2. The van der Waals surface area contributed by atoms with Crippen LogP contribution in [-0.2, 0) is 10.1 Å². The van der Waals surface area contributed by atoms with Crippen molar-refractivity contribution in [3.63, 3.8) is 0 Å². The smallest absolute Gasteiger partial charge is 0.283 e. The molecule has 0 bridgehead atoms. The van der Waals surface area contributed by atoms with Gasteiger partial charge in [0.05, 0.1) is 0 Å². The molecule has 1 rings (SSSR count). The van der Waals surface area contributed by atoms with Crippen LogP contribution in [0.3, 0.4) is 0 Å². The molecule has 0 aromatic heterocycles. The summed E-state index contributed by atoms with van der Waals surface area (Å²) in [6, 6.07) is 0. The van der Waals surface area contributed by atoms with Gasteiger partial charge in [0.2, 0.25) is 5.00 Å². The monoisotopic (exact) mass is 182 g/mol. The molecule has 0 aromatic carbocycles. The third kappa shape index (κ3) is 1.70. The summed E-state index contributed by atoms with van der Waals surface area (Å²) in [7, 11) is -4.49. The Morgan fingerprint density at radius 1 is 1.18 bits per heavy atom. The number of rotatable bonds is 1. The fraction of sp³-hybridized carbons (Fsp3) is 1.00. The Balaban J connectivity index is 2.81. The summed E-state index contributed by atoms with van der Waals surface area (Å²) in [6.07, 6.45) is 1.80. The molecule has 1 aliphatic rings. The summed E-state index contributed by atoms with van der Waals surface area (Å²) in [5.74, 6) is 0. The molecule has 66 valence electrons. The van der Waals surface area contributed by atoms with Crippen molar-refractivity contribution in [3.05, 3.63) is 0 Å². The van der Waals surface area contributed by atoms with E-state index in [1.807, 2.05) is 0 Å². The maximum Gasteiger partial charge on any atom is 0.300 e. The Hall–Kier alpha value is -0.160. The molecule has 0 unspecified atom stereocenters. The van der Waals surface area contributed by atoms with E-state index in [9.17, 15) is 12.8 Å². The fourth-order valence-electron chi connectivity index (χ4n) is 1.34. The molecular weight excluding hydrogens is 171 g/mol. The van der Waals surface area contributed by atoms with Gasteiger partial charge in [0.1, 0.15) is 0 Å². The summed E-state index contributed by atoms with van der Waals surface area (Å²) < 4.78 is 42.7. The van der Waals surface area contributed by atoms with Gasteiger partial charge in [-0.1, -0.05) is 6.42 Å². The average molecular weight is 182 g/mol. The molecule has 0 aromatic rings. The highest BCUT2D eigenvalue weighted by Gasteiger charge is 2.43. The molecule has 0 atom stereocenters. The number of hydrogen-bond acceptors (Lipinski definition) is 2. The molecule has 0 amide bonds. The van der Waals surface area contributed by atoms with Crippen molar-refractivity contribution in [3.8, 4) is 0 Å². The quantitative estimate of drug-likeness (QED) is 0.625. The SMILES string of the molecule is O=S(=O)(O)C1(F)CCCCC1. The van der Waals surface area contributed by atoms with Crippen molar-refractivity contribution in [1.29, 1.82) is 0 Å². The van der Waals surface area contributed by atoms with Gasteiger partial charge < -0.3 is 0 Å². The van der Waals surface area contributed by atoms with Crippen LogP contribution in [0.1, 0.15) is 32.1 Å². The molecule has 0 saturated heterocycles. The van der Waals surface area contributed by atoms with Crippen LogP contribution in [0.2, 0.25) is 0 Å². The minimum atomic E-state index is -4.49. The molecule has 1 N–H and O–H groups in total. The van der Waals surface area contributed by atoms with Crippen LogP contribution in [0, 0.1) is 0 Å². The molecular formula is C6H11FO3S. The summed E-state index contributed by atoms with van der Waals surface area (Å²) in [5, 5.41) is -2.36. The van der Waals surface area contributed by atoms with E-state index in [0.29, 0.717) is 12.8 Å². The maximum atomic E-state index is 13.2. The van der Waals surface area contributed by atoms with Gasteiger partial charge in [-0.15, -0.1) is 0 Å². The second kappa shape index (κ2) is 2.71. The van der Waals surface area contributed by atoms with E-state index in [4.69, 9.17) is 4.55 Å². The Kier molecular flexibility index (Phi) is 2.20. The van der Waals surface area contributed by atoms with E-state index in [-0.39, 0.29) is 12.8 Å². The zero-order valence-corrected chi connectivity index (χ0v) is 6.90. The lowest BCUT2D eigenvalue weighted by Crippen LogP contribution is -2.35. The lowest BCUT2D eigenvalue weighted by Gasteiger charge is -2.25. The molecule has 3 nitrogen and oxygen atoms in total. The molecule has 0 spiro atoms. The van der Waals surface area contributed by atoms with Gasteiger partial charge in [-0.2, -0.15) is 8.42 Å². The average Bonchev–Trinajstić information content (AvgIpc) is 1.87. The van der Waals surface area contributed by atoms with Crippen molar-refractivity contribution in [2.45, 2.75) is 37.1 Å². The van der Waals surface area contributed by atoms with Gasteiger partial charge >= 0.3 is 0 Å². The summed E-state index contributed by atoms with van der Waals surface area (Å²) >= 11 is 0. The van der Waals surface area contributed by atoms with Crippen molar-refractivity contribution in [1.82, 2.24) is 0 Å². The van der Waals surface area contributed by atoms with Gasteiger partial charge in [0.25, 0.3) is 10.1 Å². The first-order valence-corrected chi connectivity index (χ1v) is 5.06. The lowest BCUT2D eigenvalue weighted by atomic mass is 9.98. The predicted molar refractivity (Wildman–Crippen MR) is 38.5 cm³/mol. The highest BCUT2D eigenvalue weighted by molar-refractivity contribution is 7.87. The van der Waals surface area contributed by atoms with Crippen LogP contribution >= 0.6 is 0 Å². The van der Waals surface area contributed by atoms with E-state index in [2.05, 4.69) is 0 Å². The van der Waals surface area contributed by atoms with Crippen LogP contribution < -0.4 is 0 Å². The number of alkyl halides is 1. The zero-order chi connectivity index (χ0) is 8.54. The van der Waals surface area contributed by atoms with Gasteiger partial charge in [-0.3, -0.25) is 4.55 Å². The summed E-state index contributed by atoms with van der Waals surface area (Å²) in [6.45, 7) is 0. The van der Waals surface area contributed by atoms with Crippen molar-refractivity contribution < 1.29 is 17.4 Å². The molecule has 11 heavy (non-hydrogen) atoms. The first-order valence-electron chi connectivity index (χ1n) is 3.62. The van der Waals surface area contributed by atoms with Crippen LogP contribution in [0.15, 0.2) is 0 Å². The first kappa shape index (κ1) is 8.93.